The van der Waals surface area contributed by atoms with Crippen molar-refractivity contribution in [2.75, 3.05) is 26.2 Å². The van der Waals surface area contributed by atoms with Gasteiger partial charge in [0.05, 0.1) is 15.9 Å². The third-order valence-corrected chi connectivity index (χ3v) is 9.71. The summed E-state index contributed by atoms with van der Waals surface area (Å²) in [5.74, 6) is -0.232. The fraction of sp³-hybridized carbons (Fsp3) is 0.346. The largest absolute Gasteiger partial charge is 0.390 e. The van der Waals surface area contributed by atoms with Gasteiger partial charge < -0.3 is 10.4 Å². The maximum atomic E-state index is 13.0. The maximum Gasteiger partial charge on any atom is 0.261 e. The molecule has 3 heterocycles. The van der Waals surface area contributed by atoms with Crippen LogP contribution >= 0.6 is 11.3 Å². The van der Waals surface area contributed by atoms with Crippen molar-refractivity contribution in [2.24, 2.45) is 0 Å². The van der Waals surface area contributed by atoms with E-state index in [1.165, 1.54) is 26.8 Å². The van der Waals surface area contributed by atoms with Gasteiger partial charge in [-0.1, -0.05) is 42.5 Å². The Balaban J connectivity index is 1.16. The number of aliphatic hydroxyl groups is 1. The highest BCUT2D eigenvalue weighted by Gasteiger charge is 2.30. The Morgan fingerprint density at radius 2 is 1.71 bits per heavy atom. The van der Waals surface area contributed by atoms with Crippen LogP contribution in [0.5, 0.6) is 0 Å². The first-order chi connectivity index (χ1) is 16.9. The normalized spacial score (nSPS) is 17.4. The molecular formula is C26H29N3O4S2. The lowest BCUT2D eigenvalue weighted by atomic mass is 10.00. The van der Waals surface area contributed by atoms with Crippen LogP contribution in [-0.2, 0) is 36.0 Å². The molecule has 0 radical (unpaired) electrons. The number of carbonyl (C=O) groups is 1. The van der Waals surface area contributed by atoms with Crippen LogP contribution in [0.15, 0.2) is 65.6 Å². The average molecular weight is 512 g/mol. The molecule has 1 aromatic heterocycles. The van der Waals surface area contributed by atoms with E-state index in [-0.39, 0.29) is 23.9 Å². The number of fused-ring (bicyclic) bond motifs is 2. The van der Waals surface area contributed by atoms with Crippen LogP contribution in [0.3, 0.4) is 0 Å². The molecular weight excluding hydrogens is 482 g/mol. The van der Waals surface area contributed by atoms with E-state index in [4.69, 9.17) is 0 Å². The highest BCUT2D eigenvalue weighted by atomic mass is 32.2. The van der Waals surface area contributed by atoms with Crippen LogP contribution in [0.2, 0.25) is 0 Å². The van der Waals surface area contributed by atoms with Crippen LogP contribution in [-0.4, -0.2) is 60.9 Å². The molecule has 1 amide bonds. The number of hydrogen-bond acceptors (Lipinski definition) is 6. The van der Waals surface area contributed by atoms with Gasteiger partial charge in [0.25, 0.3) is 5.91 Å². The molecule has 0 aliphatic carbocycles. The smallest absolute Gasteiger partial charge is 0.261 e. The van der Waals surface area contributed by atoms with Gasteiger partial charge in [0, 0.05) is 44.1 Å². The summed E-state index contributed by atoms with van der Waals surface area (Å²) >= 11 is 1.41. The predicted octanol–water partition coefficient (Wildman–Crippen LogP) is 2.64. The van der Waals surface area contributed by atoms with Gasteiger partial charge in [-0.3, -0.25) is 9.69 Å². The van der Waals surface area contributed by atoms with Gasteiger partial charge in [-0.05, 0) is 47.7 Å². The van der Waals surface area contributed by atoms with E-state index >= 15 is 0 Å². The first-order valence-electron chi connectivity index (χ1n) is 11.8. The van der Waals surface area contributed by atoms with E-state index in [2.05, 4.69) is 28.4 Å². The summed E-state index contributed by atoms with van der Waals surface area (Å²) in [6.07, 6.45) is 0.885. The van der Waals surface area contributed by atoms with Crippen LogP contribution in [0.1, 0.15) is 31.2 Å². The molecule has 0 fully saturated rings. The van der Waals surface area contributed by atoms with E-state index < -0.39 is 16.1 Å². The van der Waals surface area contributed by atoms with Crippen LogP contribution in [0, 0.1) is 0 Å². The second-order valence-electron chi connectivity index (χ2n) is 9.08. The summed E-state index contributed by atoms with van der Waals surface area (Å²) in [6, 6.07) is 18.6. The van der Waals surface area contributed by atoms with Crippen LogP contribution < -0.4 is 5.32 Å². The van der Waals surface area contributed by atoms with Crippen molar-refractivity contribution in [1.29, 1.82) is 0 Å². The Kier molecular flexibility index (Phi) is 7.04. The number of thiophene rings is 1. The molecule has 1 atom stereocenters. The zero-order chi connectivity index (χ0) is 24.4. The van der Waals surface area contributed by atoms with Gasteiger partial charge in [0.2, 0.25) is 10.0 Å². The Bertz CT molecular complexity index is 1310. The number of nitrogens with one attached hydrogen (secondary N) is 1. The predicted molar refractivity (Wildman–Crippen MR) is 136 cm³/mol. The number of carbonyl (C=O) groups excluding carboxylic acids is 1. The van der Waals surface area contributed by atoms with Crippen LogP contribution in [0.25, 0.3) is 0 Å². The molecule has 2 N–H and O–H groups in total. The summed E-state index contributed by atoms with van der Waals surface area (Å²) in [4.78, 5) is 16.9. The molecule has 9 heteroatoms. The molecule has 7 nitrogen and oxygen atoms in total. The summed E-state index contributed by atoms with van der Waals surface area (Å²) in [6.45, 7) is 3.03. The lowest BCUT2D eigenvalue weighted by molar-refractivity contribution is 0.0845. The highest BCUT2D eigenvalue weighted by Crippen LogP contribution is 2.31. The van der Waals surface area contributed by atoms with Gasteiger partial charge >= 0.3 is 0 Å². The molecule has 35 heavy (non-hydrogen) atoms. The van der Waals surface area contributed by atoms with E-state index in [0.717, 1.165) is 30.0 Å². The molecule has 184 valence electrons. The number of hydrogen-bond donors (Lipinski definition) is 2. The topological polar surface area (TPSA) is 89.9 Å². The molecule has 2 aliphatic rings. The number of nitrogens with zero attached hydrogens (tertiary/aromatic N) is 2. The van der Waals surface area contributed by atoms with Crippen molar-refractivity contribution in [3.8, 4) is 0 Å². The molecule has 3 aromatic rings. The van der Waals surface area contributed by atoms with Crippen molar-refractivity contribution in [3.63, 3.8) is 0 Å². The minimum Gasteiger partial charge on any atom is -0.390 e. The van der Waals surface area contributed by atoms with Crippen molar-refractivity contribution < 1.29 is 18.3 Å². The first kappa shape index (κ1) is 24.1. The zero-order valence-electron chi connectivity index (χ0n) is 19.4. The van der Waals surface area contributed by atoms with Crippen molar-refractivity contribution >= 4 is 27.3 Å². The number of β-amino-alcohol motifs (C(OH)–C–C–N with tert-alkyl or cyclic N) is 1. The second-order valence-corrected chi connectivity index (χ2v) is 12.2. The third kappa shape index (κ3) is 5.34. The number of benzene rings is 2. The molecule has 0 spiro atoms. The summed E-state index contributed by atoms with van der Waals surface area (Å²) < 4.78 is 27.4. The van der Waals surface area contributed by atoms with Gasteiger partial charge in [0.15, 0.2) is 0 Å². The Morgan fingerprint density at radius 1 is 0.971 bits per heavy atom. The van der Waals surface area contributed by atoms with E-state index in [9.17, 15) is 18.3 Å². The third-order valence-electron chi connectivity index (χ3n) is 6.61. The Labute approximate surface area is 210 Å². The average Bonchev–Trinajstić information content (AvgIpc) is 3.31. The zero-order valence-corrected chi connectivity index (χ0v) is 21.0. The fourth-order valence-electron chi connectivity index (χ4n) is 4.74. The molecule has 5 rings (SSSR count). The van der Waals surface area contributed by atoms with E-state index in [0.29, 0.717) is 24.4 Å². The molecule has 0 saturated carbocycles. The van der Waals surface area contributed by atoms with Crippen LogP contribution in [0.4, 0.5) is 0 Å². The molecule has 1 unspecified atom stereocenters. The van der Waals surface area contributed by atoms with Gasteiger partial charge in [-0.25, -0.2) is 8.42 Å². The van der Waals surface area contributed by atoms with E-state index in [1.807, 2.05) is 6.07 Å². The fourth-order valence-corrected chi connectivity index (χ4v) is 7.26. The molecule has 0 saturated heterocycles. The summed E-state index contributed by atoms with van der Waals surface area (Å²) in [5.41, 5.74) is 3.53. The molecule has 0 bridgehead atoms. The van der Waals surface area contributed by atoms with Gasteiger partial charge in [-0.15, -0.1) is 11.3 Å². The number of sulfonamides is 1. The summed E-state index contributed by atoms with van der Waals surface area (Å²) in [7, 11) is -3.57. The van der Waals surface area contributed by atoms with Crippen molar-refractivity contribution in [2.45, 2.75) is 36.9 Å². The van der Waals surface area contributed by atoms with E-state index in [1.54, 1.807) is 36.4 Å². The Morgan fingerprint density at radius 3 is 2.51 bits per heavy atom. The number of rotatable bonds is 7. The second kappa shape index (κ2) is 10.2. The monoisotopic (exact) mass is 511 g/mol. The molecule has 2 aromatic carbocycles. The van der Waals surface area contributed by atoms with Gasteiger partial charge in [0.1, 0.15) is 0 Å². The van der Waals surface area contributed by atoms with Gasteiger partial charge in [-0.2, -0.15) is 4.31 Å². The number of amides is 1. The number of aliphatic hydroxyl groups excluding tert-OH is 1. The lowest BCUT2D eigenvalue weighted by Gasteiger charge is -2.30. The summed E-state index contributed by atoms with van der Waals surface area (Å²) in [5, 5.41) is 13.4. The molecule has 2 aliphatic heterocycles. The quantitative estimate of drug-likeness (QED) is 0.509. The standard InChI is InChI=1S/C26H29N3O4S2/c30-22(18-28-12-10-19-6-4-5-7-20(19)16-28)15-27-26(31)25-14-21-17-29(13-11-24(21)34-25)35(32,33)23-8-2-1-3-9-23/h1-9,14,22,30H,10-13,15-18H2,(H,27,31). The Hall–Kier alpha value is -2.56. The van der Waals surface area contributed by atoms with Crippen molar-refractivity contribution in [1.82, 2.24) is 14.5 Å². The maximum absolute atomic E-state index is 13.0. The minimum absolute atomic E-state index is 0.175. The first-order valence-corrected chi connectivity index (χ1v) is 14.1. The van der Waals surface area contributed by atoms with Crippen molar-refractivity contribution in [3.05, 3.63) is 87.1 Å². The lowest BCUT2D eigenvalue weighted by Crippen LogP contribution is -2.41. The SMILES string of the molecule is O=C(NCC(O)CN1CCc2ccccc2C1)c1cc2c(s1)CCN(S(=O)(=O)c1ccccc1)C2. The minimum atomic E-state index is -3.57. The highest BCUT2D eigenvalue weighted by molar-refractivity contribution is 7.89.